The number of hydrogen-bond acceptors (Lipinski definition) is 4. The van der Waals surface area contributed by atoms with Crippen LogP contribution in [-0.4, -0.2) is 29.9 Å². The Kier molecular flexibility index (Phi) is 4.24. The molecular weight excluding hydrogens is 376 g/mol. The second-order valence-electron chi connectivity index (χ2n) is 10.6. The van der Waals surface area contributed by atoms with Gasteiger partial charge >= 0.3 is 0 Å². The van der Waals surface area contributed by atoms with Gasteiger partial charge in [0.05, 0.1) is 13.2 Å². The number of aromatic hydroxyl groups is 1. The van der Waals surface area contributed by atoms with Crippen molar-refractivity contribution >= 4 is 5.78 Å². The number of phenols is 1. The van der Waals surface area contributed by atoms with Gasteiger partial charge in [-0.05, 0) is 73.0 Å². The summed E-state index contributed by atoms with van der Waals surface area (Å²) in [6.45, 7) is 3.66. The molecule has 4 fully saturated rings. The largest absolute Gasteiger partial charge is 0.508 e. The summed E-state index contributed by atoms with van der Waals surface area (Å²) >= 11 is 0. The van der Waals surface area contributed by atoms with E-state index in [0.717, 1.165) is 44.9 Å². The van der Waals surface area contributed by atoms with Crippen molar-refractivity contribution in [2.24, 2.45) is 29.1 Å². The molecule has 160 valence electrons. The fourth-order valence-corrected chi connectivity index (χ4v) is 7.96. The zero-order chi connectivity index (χ0) is 20.5. The molecule has 0 bridgehead atoms. The van der Waals surface area contributed by atoms with E-state index in [1.54, 1.807) is 0 Å². The van der Waals surface area contributed by atoms with Crippen molar-refractivity contribution in [2.45, 2.75) is 63.6 Å². The fraction of sp³-hybridized carbons (Fsp3) is 0.654. The summed E-state index contributed by atoms with van der Waals surface area (Å²) in [6.07, 6.45) is 9.31. The molecule has 0 radical (unpaired) electrons. The maximum absolute atomic E-state index is 13.0. The number of phenolic OH excluding ortho intramolecular Hbond substituents is 1. The van der Waals surface area contributed by atoms with Crippen LogP contribution >= 0.6 is 0 Å². The summed E-state index contributed by atoms with van der Waals surface area (Å²) in [6, 6.07) is 7.80. The maximum Gasteiger partial charge on any atom is 0.172 e. The lowest BCUT2D eigenvalue weighted by atomic mass is 9.48. The van der Waals surface area contributed by atoms with Gasteiger partial charge in [0.25, 0.3) is 0 Å². The Bertz CT molecular complexity index is 881. The van der Waals surface area contributed by atoms with Gasteiger partial charge in [0, 0.05) is 24.7 Å². The van der Waals surface area contributed by atoms with Crippen LogP contribution in [-0.2, 0) is 14.3 Å². The van der Waals surface area contributed by atoms with Crippen LogP contribution < -0.4 is 0 Å². The monoisotopic (exact) mass is 408 g/mol. The van der Waals surface area contributed by atoms with Crippen LogP contribution in [0.1, 0.15) is 63.4 Å². The molecule has 0 amide bonds. The normalized spacial score (nSPS) is 41.8. The van der Waals surface area contributed by atoms with Gasteiger partial charge in [-0.1, -0.05) is 30.7 Å². The first-order valence-corrected chi connectivity index (χ1v) is 11.8. The molecule has 6 atom stereocenters. The lowest BCUT2D eigenvalue weighted by Gasteiger charge is -2.56. The predicted octanol–water partition coefficient (Wildman–Crippen LogP) is 4.97. The van der Waals surface area contributed by atoms with Gasteiger partial charge in [0.2, 0.25) is 0 Å². The first-order valence-electron chi connectivity index (χ1n) is 11.8. The second kappa shape index (κ2) is 6.67. The highest BCUT2D eigenvalue weighted by Crippen LogP contribution is 2.64. The van der Waals surface area contributed by atoms with Crippen molar-refractivity contribution in [2.75, 3.05) is 13.2 Å². The molecule has 6 rings (SSSR count). The molecule has 4 aliphatic carbocycles. The molecule has 1 saturated heterocycles. The van der Waals surface area contributed by atoms with E-state index in [1.807, 2.05) is 12.1 Å². The molecule has 4 heteroatoms. The number of carbonyl (C=O) groups is 1. The van der Waals surface area contributed by atoms with E-state index in [4.69, 9.17) is 9.47 Å². The Balaban J connectivity index is 1.40. The average Bonchev–Trinajstić information content (AvgIpc) is 3.32. The Morgan fingerprint density at radius 3 is 2.60 bits per heavy atom. The van der Waals surface area contributed by atoms with E-state index in [9.17, 15) is 9.90 Å². The Morgan fingerprint density at radius 1 is 1.07 bits per heavy atom. The Labute approximate surface area is 178 Å². The summed E-state index contributed by atoms with van der Waals surface area (Å²) in [5.41, 5.74) is 2.63. The summed E-state index contributed by atoms with van der Waals surface area (Å²) < 4.78 is 12.1. The molecule has 1 heterocycles. The van der Waals surface area contributed by atoms with Gasteiger partial charge in [-0.2, -0.15) is 0 Å². The van der Waals surface area contributed by atoms with Gasteiger partial charge in [-0.15, -0.1) is 0 Å². The highest BCUT2D eigenvalue weighted by atomic mass is 16.7. The number of carbonyl (C=O) groups excluding carboxylic acids is 1. The number of rotatable bonds is 1. The summed E-state index contributed by atoms with van der Waals surface area (Å²) in [5.74, 6) is 2.98. The van der Waals surface area contributed by atoms with Gasteiger partial charge in [0.15, 0.2) is 5.79 Å². The number of ether oxygens (including phenoxy) is 2. The van der Waals surface area contributed by atoms with Crippen molar-refractivity contribution in [3.8, 4) is 5.75 Å². The number of Topliss-reactive ketones (excluding diaryl/α,β-unsaturated/α-hetero) is 1. The van der Waals surface area contributed by atoms with Crippen LogP contribution in [0.2, 0.25) is 0 Å². The minimum Gasteiger partial charge on any atom is -0.508 e. The van der Waals surface area contributed by atoms with Crippen LogP contribution in [0.15, 0.2) is 35.9 Å². The third-order valence-electron chi connectivity index (χ3n) is 9.30. The summed E-state index contributed by atoms with van der Waals surface area (Å²) in [4.78, 5) is 13.0. The molecule has 1 spiro atoms. The molecule has 1 N–H and O–H groups in total. The fourth-order valence-electron chi connectivity index (χ4n) is 7.96. The highest BCUT2D eigenvalue weighted by Gasteiger charge is 2.60. The highest BCUT2D eigenvalue weighted by molar-refractivity contribution is 5.87. The Hall–Kier alpha value is -1.65. The third-order valence-corrected chi connectivity index (χ3v) is 9.30. The molecule has 30 heavy (non-hydrogen) atoms. The van der Waals surface area contributed by atoms with Crippen LogP contribution in [0.3, 0.4) is 0 Å². The standard InChI is InChI=1S/C26H32O4/c1-25-15-21(16-2-5-18(27)6-3-16)24-19-10-11-26(29-12-13-30-26)14-17(19)4-7-20(24)22(25)8-9-23(25)28/h2-6,19-22,24,27H,7-15H2,1H3/t19-,20-,21+,22-,24+,25-/m0/s1. The van der Waals surface area contributed by atoms with E-state index in [0.29, 0.717) is 54.3 Å². The molecule has 3 saturated carbocycles. The Morgan fingerprint density at radius 2 is 1.83 bits per heavy atom. The molecular formula is C26H32O4. The van der Waals surface area contributed by atoms with E-state index in [-0.39, 0.29) is 11.2 Å². The van der Waals surface area contributed by atoms with Crippen molar-refractivity contribution in [1.29, 1.82) is 0 Å². The first-order chi connectivity index (χ1) is 14.5. The van der Waals surface area contributed by atoms with Crippen molar-refractivity contribution in [1.82, 2.24) is 0 Å². The van der Waals surface area contributed by atoms with Crippen LogP contribution in [0.25, 0.3) is 0 Å². The van der Waals surface area contributed by atoms with Gasteiger partial charge < -0.3 is 14.6 Å². The number of benzene rings is 1. The molecule has 4 nitrogen and oxygen atoms in total. The maximum atomic E-state index is 13.0. The van der Waals surface area contributed by atoms with Crippen LogP contribution in [0.4, 0.5) is 0 Å². The summed E-state index contributed by atoms with van der Waals surface area (Å²) in [5, 5.41) is 9.84. The molecule has 0 aromatic heterocycles. The lowest BCUT2D eigenvalue weighted by molar-refractivity contribution is -0.176. The molecule has 5 aliphatic rings. The topological polar surface area (TPSA) is 55.8 Å². The SMILES string of the molecule is C[C@]12C[C@H](c3ccc(O)cc3)[C@H]3[C@@H](CC=C4CC5(CC[C@@H]43)OCCO5)[C@@H]1CCC2=O. The minimum absolute atomic E-state index is 0.192. The molecule has 1 aromatic carbocycles. The summed E-state index contributed by atoms with van der Waals surface area (Å²) in [7, 11) is 0. The van der Waals surface area contributed by atoms with Gasteiger partial charge in [-0.3, -0.25) is 4.79 Å². The van der Waals surface area contributed by atoms with Crippen LogP contribution in [0.5, 0.6) is 5.75 Å². The smallest absolute Gasteiger partial charge is 0.172 e. The first kappa shape index (κ1) is 19.1. The third kappa shape index (κ3) is 2.69. The van der Waals surface area contributed by atoms with Gasteiger partial charge in [-0.25, -0.2) is 0 Å². The van der Waals surface area contributed by atoms with E-state index >= 15 is 0 Å². The number of allylic oxidation sites excluding steroid dienone is 1. The number of ketones is 1. The van der Waals surface area contributed by atoms with E-state index < -0.39 is 0 Å². The zero-order valence-electron chi connectivity index (χ0n) is 17.8. The predicted molar refractivity (Wildman–Crippen MR) is 113 cm³/mol. The lowest BCUT2D eigenvalue weighted by Crippen LogP contribution is -2.51. The zero-order valence-corrected chi connectivity index (χ0v) is 17.8. The van der Waals surface area contributed by atoms with E-state index in [2.05, 4.69) is 25.1 Å². The van der Waals surface area contributed by atoms with Crippen LogP contribution in [0, 0.1) is 29.1 Å². The van der Waals surface area contributed by atoms with Crippen molar-refractivity contribution in [3.05, 3.63) is 41.5 Å². The minimum atomic E-state index is -0.379. The molecule has 1 aliphatic heterocycles. The van der Waals surface area contributed by atoms with Gasteiger partial charge in [0.1, 0.15) is 11.5 Å². The van der Waals surface area contributed by atoms with E-state index in [1.165, 1.54) is 11.1 Å². The molecule has 0 unspecified atom stereocenters. The molecule has 1 aromatic rings. The number of fused-ring (bicyclic) bond motifs is 5. The average molecular weight is 409 g/mol. The van der Waals surface area contributed by atoms with Crippen molar-refractivity contribution in [3.63, 3.8) is 0 Å². The number of hydrogen-bond donors (Lipinski definition) is 1. The second-order valence-corrected chi connectivity index (χ2v) is 10.6. The van der Waals surface area contributed by atoms with Crippen molar-refractivity contribution < 1.29 is 19.4 Å². The quantitative estimate of drug-likeness (QED) is 0.667.